The number of hydrogen-bond acceptors (Lipinski definition) is 3. The molecule has 0 fully saturated rings. The van der Waals surface area contributed by atoms with Crippen molar-refractivity contribution >= 4 is 5.97 Å². The third kappa shape index (κ3) is 5.75. The first-order valence-electron chi connectivity index (χ1n) is 5.04. The number of esters is 1. The van der Waals surface area contributed by atoms with Gasteiger partial charge in [0.1, 0.15) is 6.04 Å². The van der Waals surface area contributed by atoms with Crippen LogP contribution in [0.4, 0.5) is 0 Å². The second-order valence-corrected chi connectivity index (χ2v) is 3.68. The Labute approximate surface area is 86.5 Å². The first kappa shape index (κ1) is 13.2. The highest BCUT2D eigenvalue weighted by atomic mass is 16.5. The van der Waals surface area contributed by atoms with Gasteiger partial charge in [0.25, 0.3) is 0 Å². The van der Waals surface area contributed by atoms with Gasteiger partial charge in [-0.3, -0.25) is 4.79 Å². The fourth-order valence-electron chi connectivity index (χ4n) is 1.20. The first-order valence-corrected chi connectivity index (χ1v) is 5.04. The molecule has 3 heteroatoms. The Hall–Kier alpha value is -0.830. The summed E-state index contributed by atoms with van der Waals surface area (Å²) in [6, 6.07) is -0.184. The zero-order chi connectivity index (χ0) is 11.0. The lowest BCUT2D eigenvalue weighted by atomic mass is 10.0. The molecule has 0 bridgehead atoms. The maximum atomic E-state index is 11.3. The molecule has 3 nitrogen and oxygen atoms in total. The number of ether oxygens (including phenoxy) is 1. The molecular weight excluding hydrogens is 178 g/mol. The van der Waals surface area contributed by atoms with Crippen molar-refractivity contribution in [2.24, 2.45) is 5.92 Å². The highest BCUT2D eigenvalue weighted by molar-refractivity contribution is 5.75. The summed E-state index contributed by atoms with van der Waals surface area (Å²) in [5.41, 5.74) is 0. The highest BCUT2D eigenvalue weighted by Gasteiger charge is 2.18. The van der Waals surface area contributed by atoms with Crippen LogP contribution in [0.25, 0.3) is 0 Å². The van der Waals surface area contributed by atoms with Gasteiger partial charge in [-0.25, -0.2) is 0 Å². The molecule has 0 aromatic carbocycles. The SMILES string of the molecule is CC=CCNC(CC(C)C)C(=O)OC. The van der Waals surface area contributed by atoms with Crippen molar-refractivity contribution in [2.75, 3.05) is 13.7 Å². The minimum Gasteiger partial charge on any atom is -0.468 e. The average Bonchev–Trinajstić information content (AvgIpc) is 2.15. The predicted octanol–water partition coefficient (Wildman–Crippen LogP) is 1.74. The van der Waals surface area contributed by atoms with Crippen LogP contribution in [0.5, 0.6) is 0 Å². The topological polar surface area (TPSA) is 38.3 Å². The lowest BCUT2D eigenvalue weighted by molar-refractivity contribution is -0.143. The quantitative estimate of drug-likeness (QED) is 0.523. The molecule has 0 amide bonds. The zero-order valence-corrected chi connectivity index (χ0v) is 9.54. The molecule has 0 saturated heterocycles. The van der Waals surface area contributed by atoms with Crippen LogP contribution < -0.4 is 5.32 Å². The summed E-state index contributed by atoms with van der Waals surface area (Å²) in [7, 11) is 1.42. The van der Waals surface area contributed by atoms with Gasteiger partial charge in [0, 0.05) is 6.54 Å². The molecule has 0 saturated carbocycles. The van der Waals surface area contributed by atoms with Gasteiger partial charge >= 0.3 is 5.97 Å². The largest absolute Gasteiger partial charge is 0.468 e. The minimum absolute atomic E-state index is 0.178. The van der Waals surface area contributed by atoms with E-state index in [1.54, 1.807) is 0 Å². The molecule has 0 aromatic rings. The Kier molecular flexibility index (Phi) is 7.11. The summed E-state index contributed by atoms with van der Waals surface area (Å²) in [5.74, 6) is 0.306. The molecule has 0 rings (SSSR count). The van der Waals surface area contributed by atoms with E-state index in [9.17, 15) is 4.79 Å². The van der Waals surface area contributed by atoms with E-state index in [1.807, 2.05) is 19.1 Å². The number of carbonyl (C=O) groups is 1. The molecule has 82 valence electrons. The molecule has 0 aliphatic rings. The van der Waals surface area contributed by atoms with Gasteiger partial charge in [0.15, 0.2) is 0 Å². The van der Waals surface area contributed by atoms with E-state index in [2.05, 4.69) is 19.2 Å². The summed E-state index contributed by atoms with van der Waals surface area (Å²) in [4.78, 5) is 11.3. The maximum absolute atomic E-state index is 11.3. The van der Waals surface area contributed by atoms with Crippen molar-refractivity contribution in [1.29, 1.82) is 0 Å². The van der Waals surface area contributed by atoms with Crippen LogP contribution in [0.1, 0.15) is 27.2 Å². The Morgan fingerprint density at radius 2 is 2.14 bits per heavy atom. The van der Waals surface area contributed by atoms with Crippen molar-refractivity contribution < 1.29 is 9.53 Å². The van der Waals surface area contributed by atoms with Crippen molar-refractivity contribution in [3.8, 4) is 0 Å². The predicted molar refractivity (Wildman–Crippen MR) is 58.1 cm³/mol. The lowest BCUT2D eigenvalue weighted by Crippen LogP contribution is -2.38. The smallest absolute Gasteiger partial charge is 0.322 e. The van der Waals surface area contributed by atoms with Gasteiger partial charge in [0.05, 0.1) is 7.11 Å². The molecule has 0 radical (unpaired) electrons. The highest BCUT2D eigenvalue weighted by Crippen LogP contribution is 2.05. The number of hydrogen-bond donors (Lipinski definition) is 1. The molecule has 0 aromatic heterocycles. The van der Waals surface area contributed by atoms with E-state index < -0.39 is 0 Å². The van der Waals surface area contributed by atoms with Gasteiger partial charge in [-0.2, -0.15) is 0 Å². The summed E-state index contributed by atoms with van der Waals surface area (Å²) < 4.78 is 4.72. The van der Waals surface area contributed by atoms with Gasteiger partial charge in [-0.1, -0.05) is 26.0 Å². The molecule has 0 spiro atoms. The number of methoxy groups -OCH3 is 1. The summed E-state index contributed by atoms with van der Waals surface area (Å²) >= 11 is 0. The van der Waals surface area contributed by atoms with Crippen LogP contribution in [0.15, 0.2) is 12.2 Å². The van der Waals surface area contributed by atoms with Crippen LogP contribution in [0, 0.1) is 5.92 Å². The van der Waals surface area contributed by atoms with Crippen molar-refractivity contribution in [1.82, 2.24) is 5.32 Å². The normalized spacial score (nSPS) is 13.5. The van der Waals surface area contributed by atoms with Gasteiger partial charge < -0.3 is 10.1 Å². The van der Waals surface area contributed by atoms with Crippen molar-refractivity contribution in [3.63, 3.8) is 0 Å². The number of rotatable bonds is 6. The summed E-state index contributed by atoms with van der Waals surface area (Å²) in [6.45, 7) is 6.85. The minimum atomic E-state index is -0.184. The van der Waals surface area contributed by atoms with Gasteiger partial charge in [-0.15, -0.1) is 0 Å². The van der Waals surface area contributed by atoms with Crippen LogP contribution in [-0.4, -0.2) is 25.7 Å². The number of nitrogens with one attached hydrogen (secondary N) is 1. The molecular formula is C11H21NO2. The number of carbonyl (C=O) groups excluding carboxylic acids is 1. The average molecular weight is 199 g/mol. The van der Waals surface area contributed by atoms with E-state index in [4.69, 9.17) is 4.74 Å². The molecule has 0 heterocycles. The third-order valence-corrected chi connectivity index (χ3v) is 1.91. The third-order valence-electron chi connectivity index (χ3n) is 1.91. The van der Waals surface area contributed by atoms with E-state index in [1.165, 1.54) is 7.11 Å². The van der Waals surface area contributed by atoms with Gasteiger partial charge in [0.2, 0.25) is 0 Å². The second kappa shape index (κ2) is 7.56. The molecule has 0 aliphatic heterocycles. The maximum Gasteiger partial charge on any atom is 0.322 e. The number of allylic oxidation sites excluding steroid dienone is 1. The lowest BCUT2D eigenvalue weighted by Gasteiger charge is -2.17. The molecule has 14 heavy (non-hydrogen) atoms. The van der Waals surface area contributed by atoms with E-state index >= 15 is 0 Å². The fraction of sp³-hybridized carbons (Fsp3) is 0.727. The van der Waals surface area contributed by atoms with Crippen LogP contribution in [-0.2, 0) is 9.53 Å². The first-order chi connectivity index (χ1) is 6.61. The van der Waals surface area contributed by atoms with Crippen LogP contribution in [0.2, 0.25) is 0 Å². The molecule has 0 aliphatic carbocycles. The standard InChI is InChI=1S/C11H21NO2/c1-5-6-7-12-10(8-9(2)3)11(13)14-4/h5-6,9-10,12H,7-8H2,1-4H3. The summed E-state index contributed by atoms with van der Waals surface area (Å²) in [6.07, 6.45) is 4.75. The summed E-state index contributed by atoms with van der Waals surface area (Å²) in [5, 5.41) is 3.14. The van der Waals surface area contributed by atoms with E-state index in [0.29, 0.717) is 12.5 Å². The van der Waals surface area contributed by atoms with Crippen LogP contribution >= 0.6 is 0 Å². The zero-order valence-electron chi connectivity index (χ0n) is 9.54. The van der Waals surface area contributed by atoms with Gasteiger partial charge in [-0.05, 0) is 19.3 Å². The Balaban J connectivity index is 4.03. The monoisotopic (exact) mass is 199 g/mol. The van der Waals surface area contributed by atoms with E-state index in [-0.39, 0.29) is 12.0 Å². The van der Waals surface area contributed by atoms with Crippen molar-refractivity contribution in [2.45, 2.75) is 33.2 Å². The van der Waals surface area contributed by atoms with Crippen molar-refractivity contribution in [3.05, 3.63) is 12.2 Å². The van der Waals surface area contributed by atoms with Crippen LogP contribution in [0.3, 0.4) is 0 Å². The second-order valence-electron chi connectivity index (χ2n) is 3.68. The molecule has 1 unspecified atom stereocenters. The molecule has 1 atom stereocenters. The Bertz CT molecular complexity index is 188. The van der Waals surface area contributed by atoms with E-state index in [0.717, 1.165) is 6.42 Å². The fourth-order valence-corrected chi connectivity index (χ4v) is 1.20. The Morgan fingerprint density at radius 1 is 1.50 bits per heavy atom. The Morgan fingerprint density at radius 3 is 2.57 bits per heavy atom. The molecule has 1 N–H and O–H groups in total.